The fraction of sp³-hybridized carbons (Fsp3) is 0.846. The highest BCUT2D eigenvalue weighted by molar-refractivity contribution is 5.84. The van der Waals surface area contributed by atoms with Crippen molar-refractivity contribution in [2.45, 2.75) is 45.6 Å². The third-order valence-electron chi connectivity index (χ3n) is 3.61. The monoisotopic (exact) mass is 257 g/mol. The van der Waals surface area contributed by atoms with Gasteiger partial charge in [0.25, 0.3) is 0 Å². The summed E-state index contributed by atoms with van der Waals surface area (Å²) in [7, 11) is 0. The number of hydrogen-bond acceptors (Lipinski definition) is 3. The lowest BCUT2D eigenvalue weighted by atomic mass is 9.95. The lowest BCUT2D eigenvalue weighted by Gasteiger charge is -2.16. The molecule has 1 aliphatic rings. The van der Waals surface area contributed by atoms with Crippen molar-refractivity contribution in [1.82, 2.24) is 5.32 Å². The Morgan fingerprint density at radius 1 is 1.28 bits per heavy atom. The van der Waals surface area contributed by atoms with Gasteiger partial charge < -0.3 is 15.2 Å². The van der Waals surface area contributed by atoms with Crippen molar-refractivity contribution in [2.75, 3.05) is 13.2 Å². The van der Waals surface area contributed by atoms with E-state index in [-0.39, 0.29) is 5.91 Å². The lowest BCUT2D eigenvalue weighted by molar-refractivity contribution is -0.146. The van der Waals surface area contributed by atoms with E-state index in [1.807, 2.05) is 0 Å². The van der Waals surface area contributed by atoms with Gasteiger partial charge in [0.05, 0.1) is 18.6 Å². The van der Waals surface area contributed by atoms with Crippen LogP contribution in [0.25, 0.3) is 0 Å². The number of aliphatic carboxylic acids is 1. The molecule has 5 nitrogen and oxygen atoms in total. The van der Waals surface area contributed by atoms with Crippen LogP contribution in [0, 0.1) is 11.8 Å². The number of ether oxygens (including phenoxy) is 1. The number of carbonyl (C=O) groups excluding carboxylic acids is 1. The quantitative estimate of drug-likeness (QED) is 0.676. The summed E-state index contributed by atoms with van der Waals surface area (Å²) in [6.07, 6.45) is 5.02. The molecule has 0 bridgehead atoms. The molecule has 0 aromatic carbocycles. The molecule has 0 aromatic rings. The second kappa shape index (κ2) is 7.36. The van der Waals surface area contributed by atoms with E-state index in [2.05, 4.69) is 5.32 Å². The lowest BCUT2D eigenvalue weighted by Crippen LogP contribution is -2.37. The van der Waals surface area contributed by atoms with Crippen LogP contribution in [0.1, 0.15) is 39.5 Å². The summed E-state index contributed by atoms with van der Waals surface area (Å²) < 4.78 is 5.61. The van der Waals surface area contributed by atoms with E-state index < -0.39 is 17.8 Å². The van der Waals surface area contributed by atoms with Crippen molar-refractivity contribution < 1.29 is 19.4 Å². The summed E-state index contributed by atoms with van der Waals surface area (Å²) in [5.74, 6) is -2.35. The van der Waals surface area contributed by atoms with Crippen molar-refractivity contribution in [3.05, 3.63) is 0 Å². The van der Waals surface area contributed by atoms with Gasteiger partial charge in [0.1, 0.15) is 0 Å². The minimum Gasteiger partial charge on any atom is -0.481 e. The van der Waals surface area contributed by atoms with Crippen molar-refractivity contribution in [2.24, 2.45) is 11.8 Å². The third kappa shape index (κ3) is 4.64. The number of hydrogen-bond donors (Lipinski definition) is 2. The molecule has 0 radical (unpaired) electrons. The maximum absolute atomic E-state index is 11.7. The molecule has 104 valence electrons. The van der Waals surface area contributed by atoms with E-state index in [0.29, 0.717) is 19.3 Å². The molecule has 2 unspecified atom stereocenters. The van der Waals surface area contributed by atoms with Gasteiger partial charge in [-0.2, -0.15) is 0 Å². The molecule has 1 aliphatic carbocycles. The van der Waals surface area contributed by atoms with E-state index in [4.69, 9.17) is 9.84 Å². The number of carboxylic acid groups (broad SMARTS) is 1. The Bertz CT molecular complexity index is 287. The first-order valence-corrected chi connectivity index (χ1v) is 6.64. The average Bonchev–Trinajstić information content (AvgIpc) is 2.85. The van der Waals surface area contributed by atoms with Gasteiger partial charge in [-0.3, -0.25) is 9.59 Å². The molecule has 5 heteroatoms. The van der Waals surface area contributed by atoms with Crippen LogP contribution in [-0.4, -0.2) is 36.2 Å². The maximum Gasteiger partial charge on any atom is 0.307 e. The first-order valence-electron chi connectivity index (χ1n) is 6.64. The Labute approximate surface area is 108 Å². The van der Waals surface area contributed by atoms with Gasteiger partial charge in [0.2, 0.25) is 5.91 Å². The first-order chi connectivity index (χ1) is 8.52. The summed E-state index contributed by atoms with van der Waals surface area (Å²) in [5.41, 5.74) is 0. The van der Waals surface area contributed by atoms with Gasteiger partial charge in [-0.1, -0.05) is 26.7 Å². The molecule has 0 aliphatic heterocycles. The Morgan fingerprint density at radius 2 is 1.89 bits per heavy atom. The first kappa shape index (κ1) is 15.0. The van der Waals surface area contributed by atoms with Gasteiger partial charge >= 0.3 is 5.97 Å². The Kier molecular flexibility index (Phi) is 6.12. The van der Waals surface area contributed by atoms with E-state index >= 15 is 0 Å². The Morgan fingerprint density at radius 3 is 2.44 bits per heavy atom. The Hall–Kier alpha value is -1.10. The van der Waals surface area contributed by atoms with Crippen LogP contribution in [0.4, 0.5) is 0 Å². The SMILES string of the molecule is CC(C(=O)O)C(C)C(=O)NCCOC1CCCC1. The summed E-state index contributed by atoms with van der Waals surface area (Å²) in [4.78, 5) is 22.4. The number of rotatable bonds is 7. The van der Waals surface area contributed by atoms with Gasteiger partial charge in [-0.25, -0.2) is 0 Å². The Balaban J connectivity index is 2.14. The normalized spacial score (nSPS) is 19.4. The fourth-order valence-corrected chi connectivity index (χ4v) is 2.06. The number of carboxylic acids is 1. The summed E-state index contributed by atoms with van der Waals surface area (Å²) >= 11 is 0. The summed E-state index contributed by atoms with van der Waals surface area (Å²) in [6.45, 7) is 4.13. The molecule has 0 heterocycles. The third-order valence-corrected chi connectivity index (χ3v) is 3.61. The summed E-state index contributed by atoms with van der Waals surface area (Å²) in [6, 6.07) is 0. The van der Waals surface area contributed by atoms with Crippen LogP contribution < -0.4 is 5.32 Å². The van der Waals surface area contributed by atoms with E-state index in [1.165, 1.54) is 12.8 Å². The fourth-order valence-electron chi connectivity index (χ4n) is 2.06. The zero-order valence-electron chi connectivity index (χ0n) is 11.1. The van der Waals surface area contributed by atoms with Gasteiger partial charge in [0, 0.05) is 12.5 Å². The minimum atomic E-state index is -0.945. The van der Waals surface area contributed by atoms with Crippen LogP contribution in [0.15, 0.2) is 0 Å². The van der Waals surface area contributed by atoms with E-state index in [1.54, 1.807) is 13.8 Å². The topological polar surface area (TPSA) is 75.6 Å². The van der Waals surface area contributed by atoms with E-state index in [0.717, 1.165) is 12.8 Å². The van der Waals surface area contributed by atoms with Crippen molar-refractivity contribution >= 4 is 11.9 Å². The van der Waals surface area contributed by atoms with Gasteiger partial charge in [-0.05, 0) is 12.8 Å². The van der Waals surface area contributed by atoms with Crippen LogP contribution in [-0.2, 0) is 14.3 Å². The zero-order chi connectivity index (χ0) is 13.5. The maximum atomic E-state index is 11.7. The molecule has 2 atom stereocenters. The number of nitrogens with one attached hydrogen (secondary N) is 1. The van der Waals surface area contributed by atoms with Crippen molar-refractivity contribution in [3.63, 3.8) is 0 Å². The largest absolute Gasteiger partial charge is 0.481 e. The molecule has 1 fully saturated rings. The molecule has 1 saturated carbocycles. The predicted octanol–water partition coefficient (Wildman–Crippen LogP) is 1.42. The highest BCUT2D eigenvalue weighted by Crippen LogP contribution is 2.20. The second-order valence-corrected chi connectivity index (χ2v) is 4.98. The highest BCUT2D eigenvalue weighted by Gasteiger charge is 2.25. The van der Waals surface area contributed by atoms with Crippen LogP contribution >= 0.6 is 0 Å². The van der Waals surface area contributed by atoms with Crippen LogP contribution in [0.3, 0.4) is 0 Å². The molecular weight excluding hydrogens is 234 g/mol. The van der Waals surface area contributed by atoms with Crippen molar-refractivity contribution in [1.29, 1.82) is 0 Å². The number of amides is 1. The van der Waals surface area contributed by atoms with Gasteiger partial charge in [0.15, 0.2) is 0 Å². The molecule has 1 amide bonds. The molecule has 0 aromatic heterocycles. The van der Waals surface area contributed by atoms with Crippen LogP contribution in [0.5, 0.6) is 0 Å². The number of carbonyl (C=O) groups is 2. The molecule has 2 N–H and O–H groups in total. The molecule has 18 heavy (non-hydrogen) atoms. The summed E-state index contributed by atoms with van der Waals surface area (Å²) in [5, 5.41) is 11.5. The highest BCUT2D eigenvalue weighted by atomic mass is 16.5. The molecular formula is C13H23NO4. The average molecular weight is 257 g/mol. The van der Waals surface area contributed by atoms with Crippen LogP contribution in [0.2, 0.25) is 0 Å². The zero-order valence-corrected chi connectivity index (χ0v) is 11.1. The van der Waals surface area contributed by atoms with Crippen molar-refractivity contribution in [3.8, 4) is 0 Å². The minimum absolute atomic E-state index is 0.222. The predicted molar refractivity (Wildman–Crippen MR) is 67.2 cm³/mol. The molecule has 1 rings (SSSR count). The molecule has 0 spiro atoms. The standard InChI is InChI=1S/C13H23NO4/c1-9(10(2)13(16)17)12(15)14-7-8-18-11-5-3-4-6-11/h9-11H,3-8H2,1-2H3,(H,14,15)(H,16,17). The molecule has 0 saturated heterocycles. The van der Waals surface area contributed by atoms with Gasteiger partial charge in [-0.15, -0.1) is 0 Å². The second-order valence-electron chi connectivity index (χ2n) is 4.98. The van der Waals surface area contributed by atoms with E-state index in [9.17, 15) is 9.59 Å². The smallest absolute Gasteiger partial charge is 0.307 e.